The standard InChI is InChI=1S/C16H17BrN2O2/c1-21-15-8-7-12(9-13(15)17)19-16(20)10-14(18)11-5-3-2-4-6-11/h2-9,14H,10,18H2,1H3,(H,19,20). The van der Waals surface area contributed by atoms with Crippen molar-refractivity contribution in [3.05, 3.63) is 58.6 Å². The minimum absolute atomic E-state index is 0.122. The molecule has 0 aromatic heterocycles. The molecule has 1 unspecified atom stereocenters. The van der Waals surface area contributed by atoms with E-state index in [4.69, 9.17) is 10.5 Å². The van der Waals surface area contributed by atoms with Gasteiger partial charge < -0.3 is 15.8 Å². The fourth-order valence-electron chi connectivity index (χ4n) is 1.97. The molecule has 1 atom stereocenters. The van der Waals surface area contributed by atoms with Crippen LogP contribution in [0, 0.1) is 0 Å². The summed E-state index contributed by atoms with van der Waals surface area (Å²) >= 11 is 3.38. The molecule has 110 valence electrons. The van der Waals surface area contributed by atoms with E-state index < -0.39 is 0 Å². The number of ether oxygens (including phenoxy) is 1. The number of carbonyl (C=O) groups is 1. The Labute approximate surface area is 132 Å². The molecule has 0 heterocycles. The average molecular weight is 349 g/mol. The van der Waals surface area contributed by atoms with E-state index in [1.54, 1.807) is 25.3 Å². The zero-order valence-electron chi connectivity index (χ0n) is 11.7. The monoisotopic (exact) mass is 348 g/mol. The Balaban J connectivity index is 1.97. The van der Waals surface area contributed by atoms with Gasteiger partial charge in [0.15, 0.2) is 0 Å². The van der Waals surface area contributed by atoms with Gasteiger partial charge in [0.2, 0.25) is 5.91 Å². The molecule has 0 bridgehead atoms. The van der Waals surface area contributed by atoms with E-state index in [-0.39, 0.29) is 18.4 Å². The van der Waals surface area contributed by atoms with Crippen LogP contribution in [-0.2, 0) is 4.79 Å². The SMILES string of the molecule is COc1ccc(NC(=O)CC(N)c2ccccc2)cc1Br. The van der Waals surface area contributed by atoms with Gasteiger partial charge in [0.25, 0.3) is 0 Å². The molecular weight excluding hydrogens is 332 g/mol. The number of benzene rings is 2. The van der Waals surface area contributed by atoms with Gasteiger partial charge in [-0.1, -0.05) is 30.3 Å². The van der Waals surface area contributed by atoms with Crippen LogP contribution in [0.3, 0.4) is 0 Å². The average Bonchev–Trinajstić information content (AvgIpc) is 2.48. The predicted octanol–water partition coefficient (Wildman–Crippen LogP) is 3.49. The third kappa shape index (κ3) is 4.31. The van der Waals surface area contributed by atoms with Gasteiger partial charge >= 0.3 is 0 Å². The quantitative estimate of drug-likeness (QED) is 0.869. The largest absolute Gasteiger partial charge is 0.496 e. The first-order chi connectivity index (χ1) is 10.1. The van der Waals surface area contributed by atoms with Gasteiger partial charge in [-0.15, -0.1) is 0 Å². The summed E-state index contributed by atoms with van der Waals surface area (Å²) in [6, 6.07) is 14.6. The molecule has 3 N–H and O–H groups in total. The topological polar surface area (TPSA) is 64.3 Å². The fraction of sp³-hybridized carbons (Fsp3) is 0.188. The summed E-state index contributed by atoms with van der Waals surface area (Å²) in [6.07, 6.45) is 0.230. The van der Waals surface area contributed by atoms with Gasteiger partial charge in [-0.3, -0.25) is 4.79 Å². The normalized spacial score (nSPS) is 11.8. The summed E-state index contributed by atoms with van der Waals surface area (Å²) in [4.78, 5) is 12.0. The molecule has 21 heavy (non-hydrogen) atoms. The van der Waals surface area contributed by atoms with E-state index in [0.717, 1.165) is 10.0 Å². The van der Waals surface area contributed by atoms with Crippen molar-refractivity contribution in [3.63, 3.8) is 0 Å². The second-order valence-corrected chi connectivity index (χ2v) is 5.47. The van der Waals surface area contributed by atoms with Crippen molar-refractivity contribution in [3.8, 4) is 5.75 Å². The summed E-state index contributed by atoms with van der Waals surface area (Å²) in [5, 5.41) is 2.83. The van der Waals surface area contributed by atoms with E-state index in [1.807, 2.05) is 30.3 Å². The first-order valence-electron chi connectivity index (χ1n) is 6.54. The van der Waals surface area contributed by atoms with Crippen LogP contribution in [0.1, 0.15) is 18.0 Å². The van der Waals surface area contributed by atoms with Crippen LogP contribution in [0.2, 0.25) is 0 Å². The zero-order chi connectivity index (χ0) is 15.2. The highest BCUT2D eigenvalue weighted by Gasteiger charge is 2.12. The molecule has 0 saturated heterocycles. The van der Waals surface area contributed by atoms with Crippen LogP contribution in [0.4, 0.5) is 5.69 Å². The van der Waals surface area contributed by atoms with Crippen LogP contribution < -0.4 is 15.8 Å². The van der Waals surface area contributed by atoms with Crippen molar-refractivity contribution in [2.24, 2.45) is 5.73 Å². The first kappa shape index (κ1) is 15.5. The molecule has 2 aromatic rings. The van der Waals surface area contributed by atoms with Crippen molar-refractivity contribution in [2.75, 3.05) is 12.4 Å². The molecule has 1 amide bonds. The number of halogens is 1. The van der Waals surface area contributed by atoms with E-state index in [0.29, 0.717) is 11.4 Å². The van der Waals surface area contributed by atoms with Crippen LogP contribution in [0.5, 0.6) is 5.75 Å². The fourth-order valence-corrected chi connectivity index (χ4v) is 2.51. The summed E-state index contributed by atoms with van der Waals surface area (Å²) in [5.74, 6) is 0.595. The van der Waals surface area contributed by atoms with E-state index in [2.05, 4.69) is 21.2 Å². The van der Waals surface area contributed by atoms with Crippen molar-refractivity contribution in [1.82, 2.24) is 0 Å². The van der Waals surface area contributed by atoms with Crippen molar-refractivity contribution in [1.29, 1.82) is 0 Å². The number of nitrogens with two attached hydrogens (primary N) is 1. The third-order valence-corrected chi connectivity index (χ3v) is 3.69. The first-order valence-corrected chi connectivity index (χ1v) is 7.33. The Bertz CT molecular complexity index is 617. The molecule has 0 aliphatic heterocycles. The van der Waals surface area contributed by atoms with Gasteiger partial charge in [-0.25, -0.2) is 0 Å². The molecule has 0 radical (unpaired) electrons. The second kappa shape index (κ2) is 7.24. The summed E-state index contributed by atoms with van der Waals surface area (Å²) in [6.45, 7) is 0. The predicted molar refractivity (Wildman–Crippen MR) is 87.3 cm³/mol. The number of rotatable bonds is 5. The number of carbonyl (C=O) groups excluding carboxylic acids is 1. The Morgan fingerprint density at radius 1 is 1.29 bits per heavy atom. The van der Waals surface area contributed by atoms with Crippen molar-refractivity contribution >= 4 is 27.5 Å². The number of hydrogen-bond acceptors (Lipinski definition) is 3. The van der Waals surface area contributed by atoms with Crippen LogP contribution >= 0.6 is 15.9 Å². The summed E-state index contributed by atoms with van der Waals surface area (Å²) < 4.78 is 5.93. The Morgan fingerprint density at radius 3 is 2.62 bits per heavy atom. The maximum atomic E-state index is 12.0. The van der Waals surface area contributed by atoms with Gasteiger partial charge in [-0.2, -0.15) is 0 Å². The molecule has 0 fully saturated rings. The van der Waals surface area contributed by atoms with Gasteiger partial charge in [0.1, 0.15) is 5.75 Å². The lowest BCUT2D eigenvalue weighted by molar-refractivity contribution is -0.116. The van der Waals surface area contributed by atoms with E-state index in [9.17, 15) is 4.79 Å². The highest BCUT2D eigenvalue weighted by Crippen LogP contribution is 2.28. The number of hydrogen-bond donors (Lipinski definition) is 2. The van der Waals surface area contributed by atoms with E-state index >= 15 is 0 Å². The maximum Gasteiger partial charge on any atom is 0.226 e. The number of nitrogens with one attached hydrogen (secondary N) is 1. The van der Waals surface area contributed by atoms with Gasteiger partial charge in [0.05, 0.1) is 11.6 Å². The molecular formula is C16H17BrN2O2. The lowest BCUT2D eigenvalue weighted by atomic mass is 10.0. The lowest BCUT2D eigenvalue weighted by Gasteiger charge is -2.12. The smallest absolute Gasteiger partial charge is 0.226 e. The molecule has 0 aliphatic carbocycles. The lowest BCUT2D eigenvalue weighted by Crippen LogP contribution is -2.20. The molecule has 5 heteroatoms. The Hall–Kier alpha value is -1.85. The Kier molecular flexibility index (Phi) is 5.36. The molecule has 0 saturated carbocycles. The van der Waals surface area contributed by atoms with Crippen LogP contribution in [0.15, 0.2) is 53.0 Å². The highest BCUT2D eigenvalue weighted by atomic mass is 79.9. The molecule has 2 aromatic carbocycles. The van der Waals surface area contributed by atoms with Crippen LogP contribution in [0.25, 0.3) is 0 Å². The summed E-state index contributed by atoms with van der Waals surface area (Å²) in [7, 11) is 1.59. The van der Waals surface area contributed by atoms with Crippen LogP contribution in [-0.4, -0.2) is 13.0 Å². The van der Waals surface area contributed by atoms with Gasteiger partial charge in [0, 0.05) is 18.2 Å². The molecule has 4 nitrogen and oxygen atoms in total. The minimum Gasteiger partial charge on any atom is -0.496 e. The van der Waals surface area contributed by atoms with E-state index in [1.165, 1.54) is 0 Å². The highest BCUT2D eigenvalue weighted by molar-refractivity contribution is 9.10. The maximum absolute atomic E-state index is 12.0. The second-order valence-electron chi connectivity index (χ2n) is 4.62. The minimum atomic E-state index is -0.312. The summed E-state index contributed by atoms with van der Waals surface area (Å²) in [5.41, 5.74) is 7.68. The van der Waals surface area contributed by atoms with Gasteiger partial charge in [-0.05, 0) is 39.7 Å². The molecule has 2 rings (SSSR count). The van der Waals surface area contributed by atoms with Crippen molar-refractivity contribution < 1.29 is 9.53 Å². The number of anilines is 1. The third-order valence-electron chi connectivity index (χ3n) is 3.07. The molecule has 0 spiro atoms. The zero-order valence-corrected chi connectivity index (χ0v) is 13.3. The van der Waals surface area contributed by atoms with Crippen molar-refractivity contribution in [2.45, 2.75) is 12.5 Å². The Morgan fingerprint density at radius 2 is 2.00 bits per heavy atom. The number of methoxy groups -OCH3 is 1. The molecule has 0 aliphatic rings. The number of amides is 1.